The van der Waals surface area contributed by atoms with Crippen LogP contribution in [0.5, 0.6) is 5.75 Å². The first kappa shape index (κ1) is 21.5. The number of nitrogens with zero attached hydrogens (tertiary/aromatic N) is 1. The van der Waals surface area contributed by atoms with Crippen molar-refractivity contribution in [3.8, 4) is 5.75 Å². The molecule has 2 aromatic rings. The largest absolute Gasteiger partial charge is 0.483 e. The second-order valence-corrected chi connectivity index (χ2v) is 6.92. The molecule has 1 N–H and O–H groups in total. The van der Waals surface area contributed by atoms with Gasteiger partial charge in [-0.1, -0.05) is 49.4 Å². The average molecular weight is 383 g/mol. The van der Waals surface area contributed by atoms with Gasteiger partial charge in [0.2, 0.25) is 5.91 Å². The third kappa shape index (κ3) is 5.84. The van der Waals surface area contributed by atoms with Crippen LogP contribution in [-0.2, 0) is 16.0 Å². The molecular formula is C23H30N2O3. The number of hydrogen-bond acceptors (Lipinski definition) is 3. The summed E-state index contributed by atoms with van der Waals surface area (Å²) in [5.74, 6) is 0.354. The van der Waals surface area contributed by atoms with E-state index in [2.05, 4.69) is 5.32 Å². The minimum Gasteiger partial charge on any atom is -0.483 e. The van der Waals surface area contributed by atoms with Crippen molar-refractivity contribution in [3.63, 3.8) is 0 Å². The monoisotopic (exact) mass is 382 g/mol. The minimum absolute atomic E-state index is 0.0907. The van der Waals surface area contributed by atoms with E-state index < -0.39 is 6.04 Å². The normalized spacial score (nSPS) is 11.6. The second-order valence-electron chi connectivity index (χ2n) is 6.92. The molecule has 0 aromatic heterocycles. The molecule has 0 aliphatic rings. The fourth-order valence-corrected chi connectivity index (χ4v) is 3.15. The van der Waals surface area contributed by atoms with Gasteiger partial charge in [0.25, 0.3) is 5.91 Å². The molecule has 5 nitrogen and oxygen atoms in total. The quantitative estimate of drug-likeness (QED) is 0.724. The number of benzene rings is 2. The first-order chi connectivity index (χ1) is 13.5. The van der Waals surface area contributed by atoms with E-state index in [4.69, 9.17) is 4.74 Å². The van der Waals surface area contributed by atoms with Crippen molar-refractivity contribution in [2.24, 2.45) is 0 Å². The lowest BCUT2D eigenvalue weighted by Crippen LogP contribution is -2.50. The molecule has 28 heavy (non-hydrogen) atoms. The standard InChI is InChI=1S/C23H30N2O3/c1-5-20(23(27)24-4)25(14-13-19-9-7-6-8-10-19)22(26)16-28-21-15-17(2)11-12-18(21)3/h6-12,15,20H,5,13-14,16H2,1-4H3,(H,24,27)/t20-/m1/s1. The van der Waals surface area contributed by atoms with E-state index in [1.54, 1.807) is 11.9 Å². The van der Waals surface area contributed by atoms with Gasteiger partial charge in [-0.05, 0) is 49.4 Å². The molecule has 0 radical (unpaired) electrons. The molecule has 0 aliphatic carbocycles. The second kappa shape index (κ2) is 10.5. The molecular weight excluding hydrogens is 352 g/mol. The van der Waals surface area contributed by atoms with Gasteiger partial charge in [-0.3, -0.25) is 9.59 Å². The predicted octanol–water partition coefficient (Wildman–Crippen LogP) is 3.28. The van der Waals surface area contributed by atoms with Crippen molar-refractivity contribution >= 4 is 11.8 Å². The maximum absolute atomic E-state index is 13.0. The van der Waals surface area contributed by atoms with Gasteiger partial charge in [-0.25, -0.2) is 0 Å². The van der Waals surface area contributed by atoms with E-state index in [9.17, 15) is 9.59 Å². The molecule has 150 valence electrons. The summed E-state index contributed by atoms with van der Waals surface area (Å²) in [7, 11) is 1.59. The van der Waals surface area contributed by atoms with Gasteiger partial charge in [0.1, 0.15) is 11.8 Å². The van der Waals surface area contributed by atoms with Gasteiger partial charge in [0, 0.05) is 13.6 Å². The van der Waals surface area contributed by atoms with Crippen LogP contribution in [0, 0.1) is 13.8 Å². The minimum atomic E-state index is -0.511. The number of ether oxygens (including phenoxy) is 1. The molecule has 0 heterocycles. The van der Waals surface area contributed by atoms with Gasteiger partial charge >= 0.3 is 0 Å². The Balaban J connectivity index is 2.12. The molecule has 0 bridgehead atoms. The summed E-state index contributed by atoms with van der Waals surface area (Å²) in [5.41, 5.74) is 3.18. The van der Waals surface area contributed by atoms with Crippen LogP contribution in [0.3, 0.4) is 0 Å². The van der Waals surface area contributed by atoms with E-state index in [1.165, 1.54) is 0 Å². The highest BCUT2D eigenvalue weighted by Crippen LogP contribution is 2.19. The lowest BCUT2D eigenvalue weighted by molar-refractivity contribution is -0.142. The summed E-state index contributed by atoms with van der Waals surface area (Å²) < 4.78 is 5.80. The smallest absolute Gasteiger partial charge is 0.261 e. The van der Waals surface area contributed by atoms with Crippen molar-refractivity contribution in [2.75, 3.05) is 20.2 Å². The Labute approximate surface area is 167 Å². The summed E-state index contributed by atoms with van der Waals surface area (Å²) in [5, 5.41) is 2.67. The van der Waals surface area contributed by atoms with Crippen LogP contribution in [0.1, 0.15) is 30.0 Å². The zero-order valence-corrected chi connectivity index (χ0v) is 17.2. The Kier molecular flexibility index (Phi) is 8.05. The fourth-order valence-electron chi connectivity index (χ4n) is 3.15. The van der Waals surface area contributed by atoms with Crippen molar-refractivity contribution in [1.29, 1.82) is 0 Å². The van der Waals surface area contributed by atoms with Crippen LogP contribution in [0.4, 0.5) is 0 Å². The highest BCUT2D eigenvalue weighted by atomic mass is 16.5. The van der Waals surface area contributed by atoms with E-state index in [1.807, 2.05) is 69.3 Å². The number of hydrogen-bond donors (Lipinski definition) is 1. The predicted molar refractivity (Wildman–Crippen MR) is 111 cm³/mol. The van der Waals surface area contributed by atoms with Crippen molar-refractivity contribution in [3.05, 3.63) is 65.2 Å². The van der Waals surface area contributed by atoms with Crippen molar-refractivity contribution in [2.45, 2.75) is 39.7 Å². The molecule has 0 saturated heterocycles. The first-order valence-electron chi connectivity index (χ1n) is 9.71. The molecule has 1 atom stereocenters. The molecule has 2 rings (SSSR count). The third-order valence-corrected chi connectivity index (χ3v) is 4.81. The van der Waals surface area contributed by atoms with E-state index in [-0.39, 0.29) is 18.4 Å². The number of aryl methyl sites for hydroxylation is 2. The van der Waals surface area contributed by atoms with Crippen LogP contribution in [0.2, 0.25) is 0 Å². The number of rotatable bonds is 9. The molecule has 0 spiro atoms. The number of nitrogens with one attached hydrogen (secondary N) is 1. The fraction of sp³-hybridized carbons (Fsp3) is 0.391. The van der Waals surface area contributed by atoms with Crippen LogP contribution < -0.4 is 10.1 Å². The Morgan fingerprint density at radius 2 is 1.82 bits per heavy atom. The van der Waals surface area contributed by atoms with Crippen molar-refractivity contribution in [1.82, 2.24) is 10.2 Å². The van der Waals surface area contributed by atoms with E-state index in [0.29, 0.717) is 25.1 Å². The maximum Gasteiger partial charge on any atom is 0.261 e. The zero-order chi connectivity index (χ0) is 20.5. The summed E-state index contributed by atoms with van der Waals surface area (Å²) in [6, 6.07) is 15.4. The van der Waals surface area contributed by atoms with E-state index >= 15 is 0 Å². The third-order valence-electron chi connectivity index (χ3n) is 4.81. The average Bonchev–Trinajstić information content (AvgIpc) is 2.71. The lowest BCUT2D eigenvalue weighted by Gasteiger charge is -2.30. The van der Waals surface area contributed by atoms with Crippen LogP contribution in [0.25, 0.3) is 0 Å². The van der Waals surface area contributed by atoms with E-state index in [0.717, 1.165) is 16.7 Å². The number of likely N-dealkylation sites (N-methyl/N-ethyl adjacent to an activating group) is 1. The van der Waals surface area contributed by atoms with Gasteiger partial charge in [0.15, 0.2) is 6.61 Å². The number of carbonyl (C=O) groups excluding carboxylic acids is 2. The Morgan fingerprint density at radius 1 is 1.11 bits per heavy atom. The lowest BCUT2D eigenvalue weighted by atomic mass is 10.1. The summed E-state index contributed by atoms with van der Waals surface area (Å²) in [4.78, 5) is 26.9. The maximum atomic E-state index is 13.0. The number of amides is 2. The molecule has 0 saturated carbocycles. The Bertz CT molecular complexity index is 790. The van der Waals surface area contributed by atoms with Crippen LogP contribution >= 0.6 is 0 Å². The van der Waals surface area contributed by atoms with Gasteiger partial charge < -0.3 is 15.0 Å². The summed E-state index contributed by atoms with van der Waals surface area (Å²) in [6.45, 7) is 6.22. The molecule has 0 aliphatic heterocycles. The van der Waals surface area contributed by atoms with Gasteiger partial charge in [-0.2, -0.15) is 0 Å². The highest BCUT2D eigenvalue weighted by Gasteiger charge is 2.27. The highest BCUT2D eigenvalue weighted by molar-refractivity contribution is 5.88. The molecule has 0 unspecified atom stereocenters. The summed E-state index contributed by atoms with van der Waals surface area (Å²) >= 11 is 0. The topological polar surface area (TPSA) is 58.6 Å². The van der Waals surface area contributed by atoms with Crippen molar-refractivity contribution < 1.29 is 14.3 Å². The summed E-state index contributed by atoms with van der Waals surface area (Å²) in [6.07, 6.45) is 1.23. The number of carbonyl (C=O) groups is 2. The van der Waals surface area contributed by atoms with Crippen LogP contribution in [-0.4, -0.2) is 43.0 Å². The zero-order valence-electron chi connectivity index (χ0n) is 17.2. The SMILES string of the molecule is CC[C@H](C(=O)NC)N(CCc1ccccc1)C(=O)COc1cc(C)ccc1C. The van der Waals surface area contributed by atoms with Gasteiger partial charge in [-0.15, -0.1) is 0 Å². The molecule has 2 amide bonds. The van der Waals surface area contributed by atoms with Gasteiger partial charge in [0.05, 0.1) is 0 Å². The molecule has 0 fully saturated rings. The van der Waals surface area contributed by atoms with Crippen LogP contribution in [0.15, 0.2) is 48.5 Å². The Morgan fingerprint density at radius 3 is 2.46 bits per heavy atom. The Hall–Kier alpha value is -2.82. The first-order valence-corrected chi connectivity index (χ1v) is 9.71. The molecule has 2 aromatic carbocycles. The molecule has 5 heteroatoms.